The summed E-state index contributed by atoms with van der Waals surface area (Å²) in [5, 5.41) is 5.84. The summed E-state index contributed by atoms with van der Waals surface area (Å²) in [5.74, 6) is 0.0909. The predicted molar refractivity (Wildman–Crippen MR) is 99.1 cm³/mol. The second-order valence-corrected chi connectivity index (χ2v) is 7.35. The number of hydrogen-bond donors (Lipinski definition) is 2. The van der Waals surface area contributed by atoms with Gasteiger partial charge in [-0.25, -0.2) is 4.79 Å². The molecule has 0 unspecified atom stereocenters. The van der Waals surface area contributed by atoms with Crippen LogP contribution in [-0.4, -0.2) is 55.6 Å². The second-order valence-electron chi connectivity index (χ2n) is 7.35. The Hall–Kier alpha value is -2.24. The molecule has 2 heterocycles. The Morgan fingerprint density at radius 2 is 1.88 bits per heavy atom. The van der Waals surface area contributed by atoms with Gasteiger partial charge in [0.2, 0.25) is 0 Å². The zero-order valence-corrected chi connectivity index (χ0v) is 15.3. The highest BCUT2D eigenvalue weighted by Gasteiger charge is 2.26. The van der Waals surface area contributed by atoms with Gasteiger partial charge in [0.1, 0.15) is 0 Å². The van der Waals surface area contributed by atoms with Crippen molar-refractivity contribution in [2.45, 2.75) is 45.2 Å². The van der Waals surface area contributed by atoms with Gasteiger partial charge in [0.25, 0.3) is 5.91 Å². The molecule has 1 fully saturated rings. The van der Waals surface area contributed by atoms with Crippen LogP contribution in [0.15, 0.2) is 18.2 Å². The number of hydrogen-bond acceptors (Lipinski definition) is 3. The molecule has 1 aromatic carbocycles. The van der Waals surface area contributed by atoms with Crippen LogP contribution in [0, 0.1) is 0 Å². The van der Waals surface area contributed by atoms with E-state index in [1.807, 2.05) is 30.9 Å². The van der Waals surface area contributed by atoms with Crippen LogP contribution in [0.25, 0.3) is 0 Å². The lowest BCUT2D eigenvalue weighted by molar-refractivity contribution is 0.0708. The molecule has 0 atom stereocenters. The quantitative estimate of drug-likeness (QED) is 0.881. The van der Waals surface area contributed by atoms with E-state index >= 15 is 0 Å². The molecule has 3 rings (SSSR count). The number of carbonyl (C=O) groups is 2. The maximum atomic E-state index is 12.8. The highest BCUT2D eigenvalue weighted by atomic mass is 16.2. The fourth-order valence-corrected chi connectivity index (χ4v) is 3.57. The number of benzene rings is 1. The number of anilines is 1. The third-order valence-corrected chi connectivity index (χ3v) is 5.00. The second kappa shape index (κ2) is 7.33. The fourth-order valence-electron chi connectivity index (χ4n) is 3.57. The zero-order chi connectivity index (χ0) is 18.0. The Morgan fingerprint density at radius 3 is 2.56 bits per heavy atom. The standard InChI is InChI=1S/C19H28N4O2/c1-13(2)20-19(25)21-16-7-10-23(11-8-16)18(24)15-5-4-14-6-9-22(3)17(14)12-15/h4-5,12-13,16H,6-11H2,1-3H3,(H2,20,21,25). The van der Waals surface area contributed by atoms with E-state index in [0.717, 1.165) is 31.4 Å². The van der Waals surface area contributed by atoms with Crippen LogP contribution in [0.1, 0.15) is 42.6 Å². The molecule has 1 saturated heterocycles. The average Bonchev–Trinajstić information content (AvgIpc) is 2.95. The van der Waals surface area contributed by atoms with Crippen LogP contribution in [-0.2, 0) is 6.42 Å². The summed E-state index contributed by atoms with van der Waals surface area (Å²) in [6.45, 7) is 6.25. The number of nitrogens with one attached hydrogen (secondary N) is 2. The topological polar surface area (TPSA) is 64.7 Å². The SMILES string of the molecule is CC(C)NC(=O)NC1CCN(C(=O)c2ccc3c(c2)N(C)CC3)CC1. The summed E-state index contributed by atoms with van der Waals surface area (Å²) in [5.41, 5.74) is 3.25. The van der Waals surface area contributed by atoms with Crippen LogP contribution in [0.3, 0.4) is 0 Å². The third-order valence-electron chi connectivity index (χ3n) is 5.00. The molecule has 2 aliphatic rings. The monoisotopic (exact) mass is 344 g/mol. The summed E-state index contributed by atoms with van der Waals surface area (Å²) in [6.07, 6.45) is 2.64. The maximum absolute atomic E-state index is 12.8. The summed E-state index contributed by atoms with van der Waals surface area (Å²) in [4.78, 5) is 28.7. The molecule has 0 saturated carbocycles. The number of carbonyl (C=O) groups excluding carboxylic acids is 2. The van der Waals surface area contributed by atoms with Crippen LogP contribution >= 0.6 is 0 Å². The van der Waals surface area contributed by atoms with E-state index in [1.165, 1.54) is 11.3 Å². The van der Waals surface area contributed by atoms with Crippen LogP contribution in [0.4, 0.5) is 10.5 Å². The molecule has 3 amide bonds. The number of rotatable bonds is 3. The van der Waals surface area contributed by atoms with Crippen molar-refractivity contribution in [2.75, 3.05) is 31.6 Å². The molecule has 0 aliphatic carbocycles. The fraction of sp³-hybridized carbons (Fsp3) is 0.579. The Bertz CT molecular complexity index is 651. The van der Waals surface area contributed by atoms with Crippen molar-refractivity contribution in [1.82, 2.24) is 15.5 Å². The van der Waals surface area contributed by atoms with Crippen molar-refractivity contribution in [3.05, 3.63) is 29.3 Å². The van der Waals surface area contributed by atoms with Crippen molar-refractivity contribution >= 4 is 17.6 Å². The lowest BCUT2D eigenvalue weighted by Gasteiger charge is -2.32. The molecule has 0 radical (unpaired) electrons. The third kappa shape index (κ3) is 4.06. The van der Waals surface area contributed by atoms with Gasteiger partial charge in [-0.1, -0.05) is 6.07 Å². The molecular weight excluding hydrogens is 316 g/mol. The summed E-state index contributed by atoms with van der Waals surface area (Å²) in [7, 11) is 2.07. The van der Waals surface area contributed by atoms with E-state index < -0.39 is 0 Å². The first-order chi connectivity index (χ1) is 11.9. The summed E-state index contributed by atoms with van der Waals surface area (Å²) >= 11 is 0. The van der Waals surface area contributed by atoms with E-state index in [1.54, 1.807) is 0 Å². The normalized spacial score (nSPS) is 17.6. The van der Waals surface area contributed by atoms with Gasteiger partial charge >= 0.3 is 6.03 Å². The van der Waals surface area contributed by atoms with Gasteiger partial charge in [-0.3, -0.25) is 4.79 Å². The molecular formula is C19H28N4O2. The number of likely N-dealkylation sites (N-methyl/N-ethyl adjacent to an activating group) is 1. The largest absolute Gasteiger partial charge is 0.374 e. The first-order valence-electron chi connectivity index (χ1n) is 9.14. The van der Waals surface area contributed by atoms with Crippen molar-refractivity contribution in [2.24, 2.45) is 0 Å². The Labute approximate surface area is 149 Å². The molecule has 6 heteroatoms. The van der Waals surface area contributed by atoms with Gasteiger partial charge in [-0.15, -0.1) is 0 Å². The number of likely N-dealkylation sites (tertiary alicyclic amines) is 1. The molecule has 2 aliphatic heterocycles. The zero-order valence-electron chi connectivity index (χ0n) is 15.3. The Kier molecular flexibility index (Phi) is 5.16. The highest BCUT2D eigenvalue weighted by molar-refractivity contribution is 5.95. The first-order valence-corrected chi connectivity index (χ1v) is 9.14. The maximum Gasteiger partial charge on any atom is 0.315 e. The first kappa shape index (κ1) is 17.6. The number of urea groups is 1. The van der Waals surface area contributed by atoms with Gasteiger partial charge < -0.3 is 20.4 Å². The van der Waals surface area contributed by atoms with E-state index in [0.29, 0.717) is 13.1 Å². The Morgan fingerprint density at radius 1 is 1.16 bits per heavy atom. The lowest BCUT2D eigenvalue weighted by atomic mass is 10.0. The van der Waals surface area contributed by atoms with E-state index in [-0.39, 0.29) is 24.0 Å². The molecule has 0 aromatic heterocycles. The minimum absolute atomic E-state index is 0.0909. The predicted octanol–water partition coefficient (Wildman–Crippen LogP) is 1.99. The van der Waals surface area contributed by atoms with Crippen molar-refractivity contribution in [3.63, 3.8) is 0 Å². The number of nitrogens with zero attached hydrogens (tertiary/aromatic N) is 2. The molecule has 6 nitrogen and oxygen atoms in total. The van der Waals surface area contributed by atoms with Crippen molar-refractivity contribution < 1.29 is 9.59 Å². The van der Waals surface area contributed by atoms with Crippen LogP contribution < -0.4 is 15.5 Å². The molecule has 136 valence electrons. The van der Waals surface area contributed by atoms with Gasteiger partial charge in [0, 0.05) is 50.0 Å². The van der Waals surface area contributed by atoms with E-state index in [9.17, 15) is 9.59 Å². The Balaban J connectivity index is 1.55. The van der Waals surface area contributed by atoms with Crippen LogP contribution in [0.2, 0.25) is 0 Å². The minimum atomic E-state index is -0.124. The lowest BCUT2D eigenvalue weighted by Crippen LogP contribution is -2.50. The van der Waals surface area contributed by atoms with Crippen molar-refractivity contribution in [3.8, 4) is 0 Å². The number of piperidine rings is 1. The molecule has 2 N–H and O–H groups in total. The minimum Gasteiger partial charge on any atom is -0.374 e. The van der Waals surface area contributed by atoms with Crippen molar-refractivity contribution in [1.29, 1.82) is 0 Å². The average molecular weight is 344 g/mol. The van der Waals surface area contributed by atoms with E-state index in [4.69, 9.17) is 0 Å². The smallest absolute Gasteiger partial charge is 0.315 e. The molecule has 1 aromatic rings. The summed E-state index contributed by atoms with van der Waals surface area (Å²) < 4.78 is 0. The molecule has 0 bridgehead atoms. The van der Waals surface area contributed by atoms with Gasteiger partial charge in [0.15, 0.2) is 0 Å². The van der Waals surface area contributed by atoms with Crippen LogP contribution in [0.5, 0.6) is 0 Å². The molecule has 25 heavy (non-hydrogen) atoms. The molecule has 0 spiro atoms. The van der Waals surface area contributed by atoms with Gasteiger partial charge in [0.05, 0.1) is 0 Å². The van der Waals surface area contributed by atoms with Gasteiger partial charge in [-0.05, 0) is 50.8 Å². The summed E-state index contributed by atoms with van der Waals surface area (Å²) in [6, 6.07) is 6.18. The van der Waals surface area contributed by atoms with E-state index in [2.05, 4.69) is 28.6 Å². The van der Waals surface area contributed by atoms with Gasteiger partial charge in [-0.2, -0.15) is 0 Å². The number of amides is 3. The highest BCUT2D eigenvalue weighted by Crippen LogP contribution is 2.28. The number of fused-ring (bicyclic) bond motifs is 1.